The monoisotopic (exact) mass is 285 g/mol. The molecule has 1 aromatic heterocycles. The highest BCUT2D eigenvalue weighted by atomic mass is 31.8. The molecule has 18 heavy (non-hydrogen) atoms. The minimum Gasteiger partial charge on any atom is -0.241 e. The van der Waals surface area contributed by atoms with Crippen molar-refractivity contribution in [2.75, 3.05) is 0 Å². The van der Waals surface area contributed by atoms with E-state index in [1.807, 2.05) is 0 Å². The number of aryl methyl sites for hydroxylation is 2. The Morgan fingerprint density at radius 2 is 1.44 bits per heavy atom. The summed E-state index contributed by atoms with van der Waals surface area (Å²) in [6.07, 6.45) is 15.6. The van der Waals surface area contributed by atoms with Crippen LogP contribution in [0, 0.1) is 6.92 Å². The van der Waals surface area contributed by atoms with Crippen molar-refractivity contribution in [2.45, 2.75) is 84.5 Å². The summed E-state index contributed by atoms with van der Waals surface area (Å²) in [6.45, 7) is 4.47. The highest BCUT2D eigenvalue weighted by Gasteiger charge is 2.00. The Balaban J connectivity index is 1.83. The molecular formula is C15H29NP2. The smallest absolute Gasteiger partial charge is 0.0495 e. The number of hydrogen-bond acceptors (Lipinski definition) is 1. The van der Waals surface area contributed by atoms with Crippen LogP contribution in [0.2, 0.25) is 0 Å². The lowest BCUT2D eigenvalue weighted by molar-refractivity contribution is 0.556. The standard InChI is InChI=1S/C15H29NP2/c1-3-4-5-6-7-8-9-10-11-12-13-15-14(2)16-18-17-15/h18H,3-13H2,1-2H3. The van der Waals surface area contributed by atoms with Crippen molar-refractivity contribution in [2.24, 2.45) is 0 Å². The first-order valence-corrected chi connectivity index (χ1v) is 10.4. The van der Waals surface area contributed by atoms with E-state index < -0.39 is 0 Å². The second-order valence-electron chi connectivity index (χ2n) is 5.29. The summed E-state index contributed by atoms with van der Waals surface area (Å²) < 4.78 is 4.48. The van der Waals surface area contributed by atoms with Crippen molar-refractivity contribution in [3.63, 3.8) is 0 Å². The lowest BCUT2D eigenvalue weighted by Crippen LogP contribution is -1.86. The SMILES string of the molecule is CCCCCCCCCCCCc1p[pH]nc1C. The van der Waals surface area contributed by atoms with Crippen molar-refractivity contribution >= 4 is 15.9 Å². The number of aromatic nitrogens is 1. The highest BCUT2D eigenvalue weighted by molar-refractivity contribution is 7.89. The maximum absolute atomic E-state index is 4.48. The normalized spacial score (nSPS) is 11.9. The Bertz CT molecular complexity index is 296. The van der Waals surface area contributed by atoms with Gasteiger partial charge in [-0.05, 0) is 35.7 Å². The molecule has 104 valence electrons. The maximum atomic E-state index is 4.48. The van der Waals surface area contributed by atoms with Crippen molar-refractivity contribution in [3.8, 4) is 0 Å². The molecule has 0 aliphatic heterocycles. The van der Waals surface area contributed by atoms with Gasteiger partial charge in [0.25, 0.3) is 0 Å². The molecule has 3 heteroatoms. The molecule has 1 heterocycles. The van der Waals surface area contributed by atoms with E-state index in [-0.39, 0.29) is 0 Å². The molecule has 0 saturated carbocycles. The van der Waals surface area contributed by atoms with Crippen LogP contribution in [0.25, 0.3) is 0 Å². The molecule has 1 atom stereocenters. The number of hydrogen-bond donors (Lipinski definition) is 0. The lowest BCUT2D eigenvalue weighted by Gasteiger charge is -2.02. The fraction of sp³-hybridized carbons (Fsp3) is 0.867. The van der Waals surface area contributed by atoms with Crippen molar-refractivity contribution in [3.05, 3.63) is 11.0 Å². The van der Waals surface area contributed by atoms with Crippen LogP contribution in [0.4, 0.5) is 0 Å². The topological polar surface area (TPSA) is 12.9 Å². The molecular weight excluding hydrogens is 256 g/mol. The van der Waals surface area contributed by atoms with E-state index in [0.717, 1.165) is 8.03 Å². The van der Waals surface area contributed by atoms with Gasteiger partial charge < -0.3 is 0 Å². The van der Waals surface area contributed by atoms with E-state index in [0.29, 0.717) is 0 Å². The Hall–Kier alpha value is 0.140. The van der Waals surface area contributed by atoms with E-state index in [1.165, 1.54) is 84.2 Å². The molecule has 0 N–H and O–H groups in total. The van der Waals surface area contributed by atoms with Crippen molar-refractivity contribution in [1.29, 1.82) is 0 Å². The largest absolute Gasteiger partial charge is 0.241 e. The van der Waals surface area contributed by atoms with Crippen LogP contribution in [-0.4, -0.2) is 4.75 Å². The zero-order valence-corrected chi connectivity index (χ0v) is 14.1. The van der Waals surface area contributed by atoms with Gasteiger partial charge in [-0.2, -0.15) is 0 Å². The van der Waals surface area contributed by atoms with Crippen LogP contribution in [0.15, 0.2) is 0 Å². The molecule has 0 bridgehead atoms. The van der Waals surface area contributed by atoms with Crippen LogP contribution < -0.4 is 0 Å². The van der Waals surface area contributed by atoms with Gasteiger partial charge >= 0.3 is 0 Å². The fourth-order valence-corrected chi connectivity index (χ4v) is 5.14. The Morgan fingerprint density at radius 3 is 1.94 bits per heavy atom. The lowest BCUT2D eigenvalue weighted by atomic mass is 10.1. The minimum atomic E-state index is 0.804. The fourth-order valence-electron chi connectivity index (χ4n) is 2.32. The third-order valence-corrected chi connectivity index (χ3v) is 6.35. The molecule has 0 spiro atoms. The molecule has 0 aliphatic carbocycles. The van der Waals surface area contributed by atoms with Gasteiger partial charge in [-0.25, -0.2) is 4.75 Å². The summed E-state index contributed by atoms with van der Waals surface area (Å²) in [5.74, 6) is 0. The quantitative estimate of drug-likeness (QED) is 0.425. The molecule has 1 nitrogen and oxygen atoms in total. The third-order valence-electron chi connectivity index (χ3n) is 3.59. The van der Waals surface area contributed by atoms with Gasteiger partial charge in [0.1, 0.15) is 0 Å². The van der Waals surface area contributed by atoms with Gasteiger partial charge in [0, 0.05) is 11.0 Å². The predicted octanol–water partition coefficient (Wildman–Crippen LogP) is 6.46. The molecule has 0 amide bonds. The summed E-state index contributed by atoms with van der Waals surface area (Å²) in [7, 11) is 2.31. The zero-order valence-electron chi connectivity index (χ0n) is 12.2. The van der Waals surface area contributed by atoms with E-state index in [2.05, 4.69) is 18.6 Å². The number of unbranched alkanes of at least 4 members (excludes halogenated alkanes) is 9. The summed E-state index contributed by atoms with van der Waals surface area (Å²) in [5, 5.41) is 1.62. The Labute approximate surface area is 116 Å². The van der Waals surface area contributed by atoms with Crippen LogP contribution in [0.1, 0.15) is 82.1 Å². The van der Waals surface area contributed by atoms with Gasteiger partial charge in [0.2, 0.25) is 0 Å². The second kappa shape index (κ2) is 11.0. The van der Waals surface area contributed by atoms with Crippen LogP contribution in [0.3, 0.4) is 0 Å². The van der Waals surface area contributed by atoms with Gasteiger partial charge in [-0.15, -0.1) is 0 Å². The highest BCUT2D eigenvalue weighted by Crippen LogP contribution is 2.28. The molecule has 0 fully saturated rings. The molecule has 0 aliphatic rings. The van der Waals surface area contributed by atoms with Crippen LogP contribution in [-0.2, 0) is 6.42 Å². The predicted molar refractivity (Wildman–Crippen MR) is 86.5 cm³/mol. The molecule has 1 rings (SSSR count). The molecule has 1 aromatic rings. The third kappa shape index (κ3) is 7.55. The van der Waals surface area contributed by atoms with E-state index in [4.69, 9.17) is 0 Å². The van der Waals surface area contributed by atoms with Gasteiger partial charge in [-0.1, -0.05) is 64.7 Å². The average Bonchev–Trinajstić information content (AvgIpc) is 2.77. The Morgan fingerprint density at radius 1 is 0.889 bits per heavy atom. The molecule has 1 unspecified atom stereocenters. The van der Waals surface area contributed by atoms with E-state index >= 15 is 0 Å². The number of nitrogens with zero attached hydrogens (tertiary/aromatic N) is 1. The van der Waals surface area contributed by atoms with Gasteiger partial charge in [0.15, 0.2) is 0 Å². The maximum Gasteiger partial charge on any atom is 0.0495 e. The molecule has 0 aromatic carbocycles. The van der Waals surface area contributed by atoms with Crippen molar-refractivity contribution in [1.82, 2.24) is 4.75 Å². The Kier molecular flexibility index (Phi) is 9.90. The van der Waals surface area contributed by atoms with Crippen LogP contribution in [0.5, 0.6) is 0 Å². The van der Waals surface area contributed by atoms with Gasteiger partial charge in [-0.3, -0.25) is 0 Å². The first-order valence-electron chi connectivity index (χ1n) is 7.71. The summed E-state index contributed by atoms with van der Waals surface area (Å²) >= 11 is 0. The summed E-state index contributed by atoms with van der Waals surface area (Å²) in [5.41, 5.74) is 1.34. The minimum absolute atomic E-state index is 0.804. The van der Waals surface area contributed by atoms with Gasteiger partial charge in [0.05, 0.1) is 0 Å². The summed E-state index contributed by atoms with van der Waals surface area (Å²) in [6, 6.07) is 0. The van der Waals surface area contributed by atoms with Crippen LogP contribution >= 0.6 is 15.9 Å². The summed E-state index contributed by atoms with van der Waals surface area (Å²) in [4.78, 5) is 0. The zero-order chi connectivity index (χ0) is 13.1. The van der Waals surface area contributed by atoms with Crippen molar-refractivity contribution < 1.29 is 0 Å². The number of rotatable bonds is 11. The second-order valence-corrected chi connectivity index (χ2v) is 7.75. The van der Waals surface area contributed by atoms with E-state index in [9.17, 15) is 0 Å². The molecule has 0 radical (unpaired) electrons. The first-order chi connectivity index (χ1) is 8.84. The first kappa shape index (κ1) is 16.2. The average molecular weight is 285 g/mol. The van der Waals surface area contributed by atoms with E-state index in [1.54, 1.807) is 5.30 Å². The molecule has 0 saturated heterocycles.